The van der Waals surface area contributed by atoms with Crippen LogP contribution in [0, 0.1) is 0 Å². The van der Waals surface area contributed by atoms with Gasteiger partial charge in [0.2, 0.25) is 5.91 Å². The zero-order valence-electron chi connectivity index (χ0n) is 14.9. The fraction of sp³-hybridized carbons (Fsp3) is 0.400. The van der Waals surface area contributed by atoms with Gasteiger partial charge in [-0.05, 0) is 37.4 Å². The number of benzene rings is 2. The van der Waals surface area contributed by atoms with Gasteiger partial charge in [-0.3, -0.25) is 9.59 Å². The maximum Gasteiger partial charge on any atom is 0.321 e. The van der Waals surface area contributed by atoms with E-state index in [1.807, 2.05) is 42.5 Å². The molecule has 0 heterocycles. The van der Waals surface area contributed by atoms with Crippen molar-refractivity contribution in [3.05, 3.63) is 42.5 Å². The third-order valence-corrected chi connectivity index (χ3v) is 4.27. The second-order valence-corrected chi connectivity index (χ2v) is 6.33. The van der Waals surface area contributed by atoms with Crippen LogP contribution in [-0.2, 0) is 9.59 Å². The van der Waals surface area contributed by atoms with Crippen LogP contribution >= 0.6 is 0 Å². The first kappa shape index (κ1) is 19.9. The normalized spacial score (nSPS) is 12.0. The quantitative estimate of drug-likeness (QED) is 0.463. The Morgan fingerprint density at radius 3 is 2.50 bits per heavy atom. The molecule has 5 N–H and O–H groups in total. The summed E-state index contributed by atoms with van der Waals surface area (Å²) < 4.78 is 0. The van der Waals surface area contributed by atoms with Gasteiger partial charge in [0.05, 0.1) is 6.42 Å². The molecule has 0 fully saturated rings. The topological polar surface area (TPSA) is 104 Å². The van der Waals surface area contributed by atoms with E-state index in [9.17, 15) is 14.7 Å². The average molecular weight is 357 g/mol. The van der Waals surface area contributed by atoms with Crippen LogP contribution < -0.4 is 16.4 Å². The van der Waals surface area contributed by atoms with Crippen LogP contribution in [0.5, 0.6) is 0 Å². The van der Waals surface area contributed by atoms with Crippen LogP contribution in [0.4, 0.5) is 5.69 Å². The summed E-state index contributed by atoms with van der Waals surface area (Å²) in [7, 11) is 0. The third kappa shape index (κ3) is 6.13. The van der Waals surface area contributed by atoms with Crippen LogP contribution in [0.1, 0.15) is 32.1 Å². The zero-order valence-corrected chi connectivity index (χ0v) is 14.9. The fourth-order valence-electron chi connectivity index (χ4n) is 2.87. The summed E-state index contributed by atoms with van der Waals surface area (Å²) in [5.74, 6) is -1.33. The van der Waals surface area contributed by atoms with E-state index >= 15 is 0 Å². The van der Waals surface area contributed by atoms with Gasteiger partial charge in [-0.25, -0.2) is 0 Å². The predicted octanol–water partition coefficient (Wildman–Crippen LogP) is 2.73. The number of fused-ring (bicyclic) bond motifs is 1. The molecule has 0 spiro atoms. The molecule has 0 aliphatic rings. The minimum Gasteiger partial charge on any atom is -0.480 e. The largest absolute Gasteiger partial charge is 0.480 e. The number of nitrogens with two attached hydrogens (primary N) is 1. The summed E-state index contributed by atoms with van der Waals surface area (Å²) in [4.78, 5) is 23.7. The molecule has 0 aliphatic heterocycles. The van der Waals surface area contributed by atoms with E-state index < -0.39 is 12.0 Å². The number of carboxylic acid groups (broad SMARTS) is 1. The van der Waals surface area contributed by atoms with E-state index in [1.165, 1.54) is 0 Å². The van der Waals surface area contributed by atoms with Crippen molar-refractivity contribution in [3.63, 3.8) is 0 Å². The van der Waals surface area contributed by atoms with Gasteiger partial charge in [0.25, 0.3) is 0 Å². The first-order chi connectivity index (χ1) is 12.6. The molecule has 0 saturated carbocycles. The molecule has 1 amide bonds. The SMILES string of the molecule is NCCCCCCN[C@@H](CC(=O)Nc1cccc2ccccc12)C(=O)O. The van der Waals surface area contributed by atoms with E-state index in [0.717, 1.165) is 36.5 Å². The molecule has 2 aromatic carbocycles. The molecule has 0 radical (unpaired) electrons. The Kier molecular flexibility index (Phi) is 8.05. The van der Waals surface area contributed by atoms with Crippen LogP contribution in [0.2, 0.25) is 0 Å². The lowest BCUT2D eigenvalue weighted by atomic mass is 10.1. The number of unbranched alkanes of at least 4 members (excludes halogenated alkanes) is 3. The fourth-order valence-corrected chi connectivity index (χ4v) is 2.87. The van der Waals surface area contributed by atoms with Gasteiger partial charge in [-0.1, -0.05) is 49.2 Å². The minimum atomic E-state index is -1.01. The predicted molar refractivity (Wildman–Crippen MR) is 104 cm³/mol. The molecule has 0 unspecified atom stereocenters. The number of amides is 1. The van der Waals surface area contributed by atoms with Crippen molar-refractivity contribution in [1.29, 1.82) is 0 Å². The number of hydrogen-bond donors (Lipinski definition) is 4. The zero-order chi connectivity index (χ0) is 18.8. The van der Waals surface area contributed by atoms with Crippen LogP contribution in [0.25, 0.3) is 10.8 Å². The highest BCUT2D eigenvalue weighted by molar-refractivity contribution is 6.03. The number of nitrogens with one attached hydrogen (secondary N) is 2. The Labute approximate surface area is 153 Å². The lowest BCUT2D eigenvalue weighted by molar-refractivity contribution is -0.141. The number of rotatable bonds is 11. The first-order valence-electron chi connectivity index (χ1n) is 9.05. The molecular formula is C20H27N3O3. The van der Waals surface area contributed by atoms with Crippen molar-refractivity contribution in [2.24, 2.45) is 5.73 Å². The number of anilines is 1. The molecule has 0 aromatic heterocycles. The summed E-state index contributed by atoms with van der Waals surface area (Å²) in [6.07, 6.45) is 3.78. The molecule has 0 bridgehead atoms. The molecule has 6 nitrogen and oxygen atoms in total. The maximum atomic E-state index is 12.3. The summed E-state index contributed by atoms with van der Waals surface area (Å²) >= 11 is 0. The smallest absolute Gasteiger partial charge is 0.321 e. The highest BCUT2D eigenvalue weighted by Crippen LogP contribution is 2.23. The van der Waals surface area contributed by atoms with Gasteiger partial charge in [0.15, 0.2) is 0 Å². The summed E-state index contributed by atoms with van der Waals surface area (Å²) in [5.41, 5.74) is 6.14. The van der Waals surface area contributed by atoms with E-state index in [4.69, 9.17) is 5.73 Å². The molecule has 26 heavy (non-hydrogen) atoms. The average Bonchev–Trinajstić information content (AvgIpc) is 2.63. The molecule has 2 rings (SSSR count). The summed E-state index contributed by atoms with van der Waals surface area (Å²) in [6.45, 7) is 1.25. The molecular weight excluding hydrogens is 330 g/mol. The highest BCUT2D eigenvalue weighted by atomic mass is 16.4. The van der Waals surface area contributed by atoms with Crippen molar-refractivity contribution < 1.29 is 14.7 Å². The van der Waals surface area contributed by atoms with Crippen LogP contribution in [-0.4, -0.2) is 36.1 Å². The lowest BCUT2D eigenvalue weighted by Crippen LogP contribution is -2.40. The molecule has 140 valence electrons. The Bertz CT molecular complexity index is 728. The standard InChI is InChI=1S/C20H27N3O3/c21-12-5-1-2-6-13-22-18(20(25)26)14-19(24)23-17-11-7-9-15-8-3-4-10-16(15)17/h3-4,7-11,18,22H,1-2,5-6,12-14,21H2,(H,23,24)(H,25,26)/t18-/m0/s1. The van der Waals surface area contributed by atoms with Crippen LogP contribution in [0.3, 0.4) is 0 Å². The molecule has 0 saturated heterocycles. The van der Waals surface area contributed by atoms with E-state index in [2.05, 4.69) is 10.6 Å². The maximum absolute atomic E-state index is 12.3. The third-order valence-electron chi connectivity index (χ3n) is 4.27. The molecule has 1 atom stereocenters. The Morgan fingerprint density at radius 1 is 1.00 bits per heavy atom. The van der Waals surface area contributed by atoms with Gasteiger partial charge in [0, 0.05) is 11.1 Å². The van der Waals surface area contributed by atoms with Crippen LogP contribution in [0.15, 0.2) is 42.5 Å². The Hall–Kier alpha value is -2.44. The first-order valence-corrected chi connectivity index (χ1v) is 9.05. The van der Waals surface area contributed by atoms with Crippen molar-refractivity contribution in [2.45, 2.75) is 38.1 Å². The van der Waals surface area contributed by atoms with Gasteiger partial charge in [0.1, 0.15) is 6.04 Å². The monoisotopic (exact) mass is 357 g/mol. The second kappa shape index (κ2) is 10.5. The van der Waals surface area contributed by atoms with Crippen molar-refractivity contribution in [3.8, 4) is 0 Å². The highest BCUT2D eigenvalue weighted by Gasteiger charge is 2.20. The summed E-state index contributed by atoms with van der Waals surface area (Å²) in [6, 6.07) is 12.5. The van der Waals surface area contributed by atoms with Gasteiger partial charge in [-0.2, -0.15) is 0 Å². The van der Waals surface area contributed by atoms with Crippen molar-refractivity contribution in [1.82, 2.24) is 5.32 Å². The van der Waals surface area contributed by atoms with Crippen molar-refractivity contribution >= 4 is 28.3 Å². The second-order valence-electron chi connectivity index (χ2n) is 6.33. The Balaban J connectivity index is 1.88. The van der Waals surface area contributed by atoms with Gasteiger partial charge >= 0.3 is 5.97 Å². The molecule has 6 heteroatoms. The van der Waals surface area contributed by atoms with E-state index in [1.54, 1.807) is 0 Å². The number of hydrogen-bond acceptors (Lipinski definition) is 4. The van der Waals surface area contributed by atoms with Gasteiger partial charge < -0.3 is 21.5 Å². The van der Waals surface area contributed by atoms with Gasteiger partial charge in [-0.15, -0.1) is 0 Å². The van der Waals surface area contributed by atoms with Crippen molar-refractivity contribution in [2.75, 3.05) is 18.4 Å². The number of carboxylic acids is 1. The van der Waals surface area contributed by atoms with E-state index in [0.29, 0.717) is 18.8 Å². The van der Waals surface area contributed by atoms with E-state index in [-0.39, 0.29) is 12.3 Å². The molecule has 2 aromatic rings. The number of carbonyl (C=O) groups excluding carboxylic acids is 1. The summed E-state index contributed by atoms with van der Waals surface area (Å²) in [5, 5.41) is 17.1. The number of carbonyl (C=O) groups is 2. The minimum absolute atomic E-state index is 0.110. The lowest BCUT2D eigenvalue weighted by Gasteiger charge is -2.15. The Morgan fingerprint density at radius 2 is 1.73 bits per heavy atom. The molecule has 0 aliphatic carbocycles. The number of aliphatic carboxylic acids is 1.